The molecule has 1 amide bonds. The van der Waals surface area contributed by atoms with Crippen LogP contribution in [0.4, 0.5) is 11.5 Å². The molecule has 0 aliphatic carbocycles. The molecule has 0 unspecified atom stereocenters. The van der Waals surface area contributed by atoms with Crippen molar-refractivity contribution in [2.24, 2.45) is 0 Å². The number of carbonyl (C=O) groups excluding carboxylic acids is 1. The summed E-state index contributed by atoms with van der Waals surface area (Å²) in [6, 6.07) is 14.2. The second-order valence-electron chi connectivity index (χ2n) is 6.81. The molecule has 0 fully saturated rings. The van der Waals surface area contributed by atoms with Crippen LogP contribution in [0.2, 0.25) is 5.02 Å². The van der Waals surface area contributed by atoms with E-state index in [0.717, 1.165) is 9.87 Å². The summed E-state index contributed by atoms with van der Waals surface area (Å²) in [7, 11) is -2.61. The van der Waals surface area contributed by atoms with E-state index in [4.69, 9.17) is 16.3 Å². The normalized spacial score (nSPS) is 11.0. The van der Waals surface area contributed by atoms with Gasteiger partial charge in [-0.2, -0.15) is 0 Å². The van der Waals surface area contributed by atoms with Crippen LogP contribution >= 0.6 is 11.6 Å². The van der Waals surface area contributed by atoms with Gasteiger partial charge in [0.15, 0.2) is 0 Å². The Morgan fingerprint density at radius 1 is 1.22 bits per heavy atom. The first-order valence-corrected chi connectivity index (χ1v) is 11.4. The molecule has 0 atom stereocenters. The number of hydrogen-bond donors (Lipinski definition) is 1. The lowest BCUT2D eigenvalue weighted by molar-refractivity contribution is 0.102. The topological polar surface area (TPSA) is 88.6 Å². The van der Waals surface area contributed by atoms with Gasteiger partial charge in [0.25, 0.3) is 15.9 Å². The van der Waals surface area contributed by atoms with Gasteiger partial charge in [-0.05, 0) is 55.0 Å². The van der Waals surface area contributed by atoms with Gasteiger partial charge in [0.05, 0.1) is 34.8 Å². The summed E-state index contributed by atoms with van der Waals surface area (Å²) in [6.45, 7) is 5.53. The molecule has 1 heterocycles. The van der Waals surface area contributed by atoms with E-state index in [2.05, 4.69) is 16.9 Å². The fraction of sp³-hybridized carbons (Fsp3) is 0.130. The summed E-state index contributed by atoms with van der Waals surface area (Å²) in [4.78, 5) is 16.8. The second kappa shape index (κ2) is 9.84. The number of ether oxygens (including phenoxy) is 1. The minimum atomic E-state index is -4.07. The van der Waals surface area contributed by atoms with Crippen molar-refractivity contribution in [1.29, 1.82) is 0 Å². The highest BCUT2D eigenvalue weighted by atomic mass is 35.5. The molecule has 0 radical (unpaired) electrons. The third kappa shape index (κ3) is 4.92. The minimum Gasteiger partial charge on any atom is -0.495 e. The largest absolute Gasteiger partial charge is 0.495 e. The van der Waals surface area contributed by atoms with Gasteiger partial charge < -0.3 is 10.1 Å². The van der Waals surface area contributed by atoms with Crippen molar-refractivity contribution in [1.82, 2.24) is 4.98 Å². The van der Waals surface area contributed by atoms with E-state index in [0.29, 0.717) is 17.3 Å². The van der Waals surface area contributed by atoms with Crippen LogP contribution in [-0.2, 0) is 10.0 Å². The molecule has 32 heavy (non-hydrogen) atoms. The van der Waals surface area contributed by atoms with Gasteiger partial charge in [-0.3, -0.25) is 9.10 Å². The van der Waals surface area contributed by atoms with Crippen LogP contribution in [0.3, 0.4) is 0 Å². The smallest absolute Gasteiger partial charge is 0.264 e. The molecule has 3 aromatic rings. The molecule has 0 aliphatic rings. The van der Waals surface area contributed by atoms with E-state index < -0.39 is 15.9 Å². The first-order chi connectivity index (χ1) is 15.3. The number of amides is 1. The van der Waals surface area contributed by atoms with Gasteiger partial charge in [0, 0.05) is 6.20 Å². The number of halogens is 1. The van der Waals surface area contributed by atoms with Crippen molar-refractivity contribution in [3.63, 3.8) is 0 Å². The fourth-order valence-electron chi connectivity index (χ4n) is 3.03. The Balaban J connectivity index is 2.02. The zero-order chi connectivity index (χ0) is 23.3. The summed E-state index contributed by atoms with van der Waals surface area (Å²) in [5, 5.41) is 2.76. The number of aromatic nitrogens is 1. The SMILES string of the molecule is C=CCN(c1ccccc1OC)S(=O)(=O)c1ccc(Cl)c(C(=O)Nc2cc(C)ccn2)c1. The number of pyridine rings is 1. The van der Waals surface area contributed by atoms with E-state index in [1.807, 2.05) is 6.92 Å². The number of anilines is 2. The zero-order valence-corrected chi connectivity index (χ0v) is 19.2. The molecule has 1 N–H and O–H groups in total. The molecular formula is C23H22ClN3O4S. The number of aryl methyl sites for hydroxylation is 1. The molecule has 3 rings (SSSR count). The summed E-state index contributed by atoms with van der Waals surface area (Å²) in [5.74, 6) is 0.148. The van der Waals surface area contributed by atoms with Crippen molar-refractivity contribution >= 4 is 39.0 Å². The van der Waals surface area contributed by atoms with Crippen LogP contribution in [0.15, 0.2) is 78.3 Å². The van der Waals surface area contributed by atoms with Crippen LogP contribution in [0.25, 0.3) is 0 Å². The number of benzene rings is 2. The van der Waals surface area contributed by atoms with Gasteiger partial charge >= 0.3 is 0 Å². The van der Waals surface area contributed by atoms with E-state index >= 15 is 0 Å². The Labute approximate surface area is 192 Å². The molecule has 0 saturated heterocycles. The number of methoxy groups -OCH3 is 1. The number of hydrogen-bond acceptors (Lipinski definition) is 5. The van der Waals surface area contributed by atoms with Gasteiger partial charge in [-0.25, -0.2) is 13.4 Å². The number of carbonyl (C=O) groups is 1. The number of nitrogens with zero attached hydrogens (tertiary/aromatic N) is 2. The molecule has 1 aromatic heterocycles. The Morgan fingerprint density at radius 3 is 2.66 bits per heavy atom. The van der Waals surface area contributed by atoms with Crippen LogP contribution < -0.4 is 14.4 Å². The minimum absolute atomic E-state index is 0.0000745. The van der Waals surface area contributed by atoms with Crippen molar-refractivity contribution in [2.45, 2.75) is 11.8 Å². The first kappa shape index (κ1) is 23.3. The zero-order valence-electron chi connectivity index (χ0n) is 17.6. The van der Waals surface area contributed by atoms with E-state index in [9.17, 15) is 13.2 Å². The average molecular weight is 472 g/mol. The maximum absolute atomic E-state index is 13.5. The molecule has 0 spiro atoms. The van der Waals surface area contributed by atoms with Gasteiger partial charge in [0.1, 0.15) is 11.6 Å². The maximum Gasteiger partial charge on any atom is 0.264 e. The molecule has 7 nitrogen and oxygen atoms in total. The molecule has 0 saturated carbocycles. The quantitative estimate of drug-likeness (QED) is 0.481. The highest BCUT2D eigenvalue weighted by Gasteiger charge is 2.28. The summed E-state index contributed by atoms with van der Waals surface area (Å²) in [6.07, 6.45) is 3.03. The third-order valence-electron chi connectivity index (χ3n) is 4.58. The van der Waals surface area contributed by atoms with Crippen molar-refractivity contribution < 1.29 is 17.9 Å². The Morgan fingerprint density at radius 2 is 1.97 bits per heavy atom. The van der Waals surface area contributed by atoms with Crippen LogP contribution in [0, 0.1) is 6.92 Å². The number of rotatable bonds is 8. The molecule has 2 aromatic carbocycles. The lowest BCUT2D eigenvalue weighted by Crippen LogP contribution is -2.31. The van der Waals surface area contributed by atoms with Gasteiger partial charge in [0.2, 0.25) is 0 Å². The lowest BCUT2D eigenvalue weighted by atomic mass is 10.2. The first-order valence-electron chi connectivity index (χ1n) is 9.58. The predicted octanol–water partition coefficient (Wildman–Crippen LogP) is 4.69. The van der Waals surface area contributed by atoms with Crippen LogP contribution in [0.1, 0.15) is 15.9 Å². The number of para-hydroxylation sites is 2. The molecule has 166 valence electrons. The van der Waals surface area contributed by atoms with E-state index in [-0.39, 0.29) is 22.0 Å². The monoisotopic (exact) mass is 471 g/mol. The van der Waals surface area contributed by atoms with Gasteiger partial charge in [-0.1, -0.05) is 29.8 Å². The molecule has 9 heteroatoms. The number of nitrogens with one attached hydrogen (secondary N) is 1. The lowest BCUT2D eigenvalue weighted by Gasteiger charge is -2.25. The highest BCUT2D eigenvalue weighted by Crippen LogP contribution is 2.33. The van der Waals surface area contributed by atoms with Crippen molar-refractivity contribution in [3.05, 3.63) is 89.6 Å². The Hall–Kier alpha value is -3.36. The Bertz CT molecular complexity index is 1260. The van der Waals surface area contributed by atoms with Crippen molar-refractivity contribution in [2.75, 3.05) is 23.3 Å². The summed E-state index contributed by atoms with van der Waals surface area (Å²) < 4.78 is 33.5. The van der Waals surface area contributed by atoms with E-state index in [1.54, 1.807) is 42.6 Å². The van der Waals surface area contributed by atoms with Crippen molar-refractivity contribution in [3.8, 4) is 5.75 Å². The third-order valence-corrected chi connectivity index (χ3v) is 6.68. The van der Waals surface area contributed by atoms with Crippen LogP contribution in [-0.4, -0.2) is 33.0 Å². The van der Waals surface area contributed by atoms with Crippen LogP contribution in [0.5, 0.6) is 5.75 Å². The molecular weight excluding hydrogens is 450 g/mol. The molecule has 0 aliphatic heterocycles. The van der Waals surface area contributed by atoms with Gasteiger partial charge in [-0.15, -0.1) is 6.58 Å². The average Bonchev–Trinajstić information content (AvgIpc) is 2.77. The fourth-order valence-corrected chi connectivity index (χ4v) is 4.71. The number of sulfonamides is 1. The second-order valence-corrected chi connectivity index (χ2v) is 9.08. The maximum atomic E-state index is 13.5. The summed E-state index contributed by atoms with van der Waals surface area (Å²) >= 11 is 6.22. The molecule has 0 bridgehead atoms. The predicted molar refractivity (Wildman–Crippen MR) is 126 cm³/mol. The summed E-state index contributed by atoms with van der Waals surface area (Å²) in [5.41, 5.74) is 1.27. The standard InChI is InChI=1S/C23H22ClN3O4S/c1-4-13-27(20-7-5-6-8-21(20)31-3)32(29,30)17-9-10-19(24)18(15-17)23(28)26-22-14-16(2)11-12-25-22/h4-12,14-15H,1,13H2,2-3H3,(H,25,26,28). The Kier molecular flexibility index (Phi) is 7.17. The van der Waals surface area contributed by atoms with E-state index in [1.165, 1.54) is 31.4 Å². The highest BCUT2D eigenvalue weighted by molar-refractivity contribution is 7.92.